The first-order valence-corrected chi connectivity index (χ1v) is 40.0. The smallest absolute Gasteiger partial charge is 0.490 e. The molecular formula is C89H88F3N11O19S3. The van der Waals surface area contributed by atoms with Crippen molar-refractivity contribution in [3.8, 4) is 23.0 Å². The highest BCUT2D eigenvalue weighted by atomic mass is 32.1. The van der Waals surface area contributed by atoms with Crippen molar-refractivity contribution in [1.29, 1.82) is 16.2 Å². The molecule has 1 aliphatic carbocycles. The van der Waals surface area contributed by atoms with Crippen LogP contribution in [0.3, 0.4) is 0 Å². The first-order valence-electron chi connectivity index (χ1n) is 37.5. The normalized spacial score (nSPS) is 11.4. The maximum atomic E-state index is 12.8. The molecule has 3 amide bonds. The molecule has 0 radical (unpaired) electrons. The van der Waals surface area contributed by atoms with Crippen molar-refractivity contribution < 1.29 is 105 Å². The van der Waals surface area contributed by atoms with Crippen LogP contribution in [0, 0.1) is 16.2 Å². The molecule has 0 aliphatic heterocycles. The number of thiophene rings is 3. The van der Waals surface area contributed by atoms with E-state index in [1.54, 1.807) is 12.3 Å². The van der Waals surface area contributed by atoms with Crippen LogP contribution in [0.2, 0.25) is 0 Å². The number of carboxylic acids is 1. The number of nitrogen functional groups attached to an aromatic ring is 3. The van der Waals surface area contributed by atoms with Crippen molar-refractivity contribution in [3.63, 3.8) is 0 Å². The summed E-state index contributed by atoms with van der Waals surface area (Å²) in [6.07, 6.45) is -1.71. The monoisotopic (exact) mass is 1770 g/mol. The molecule has 125 heavy (non-hydrogen) atoms. The Balaban J connectivity index is 0.000000233. The molecule has 0 spiro atoms. The Morgan fingerprint density at radius 3 is 1.30 bits per heavy atom. The van der Waals surface area contributed by atoms with Crippen molar-refractivity contribution in [3.05, 3.63) is 285 Å². The van der Waals surface area contributed by atoms with Gasteiger partial charge in [-0.05, 0) is 183 Å². The molecule has 4 heterocycles. The molecule has 9 aromatic carbocycles. The number of hydrogen-bond acceptors (Lipinski definition) is 22. The molecule has 0 bridgehead atoms. The molecule has 0 saturated carbocycles. The highest BCUT2D eigenvalue weighted by Gasteiger charge is 2.38. The van der Waals surface area contributed by atoms with Crippen LogP contribution in [0.4, 0.5) is 39.8 Å². The number of aromatic nitrogens is 1. The minimum atomic E-state index is -5.08. The standard InChI is InChI=1S/C29H32N4O3S.C27H22N4O3S.C27H25N3O3S.C2HF3O2.4CH2O2/c1-33(2)17-18-35-22-13-11-21(12-14-22)32-28(34)16-15-24(20-7-4-3-5-8-20)36-25-9-6-10-26-23(25)19-27(37-26)29(30)31;28-26(29)25-15-20-22(9-4-10-24(20)35-25)34-23(17-6-2-1-3-7-17)16-33-27(32)31-19-11-12-21-18(14-19)8-5-13-30-21;28-26(29)25-15-21-22(10-5-11-24(21)34-25)33-23(18-6-2-1-3-7-18)16-32-27(31)30-20-13-12-17-8-4-9-19(17)14-20;3-2(4,5)1(6)7;4*2-1-3/h3-14,19,24H,15-18H2,1-2H3,(H3,30,31)(H,32,34);1-15,23H,16H2,(H3,28,29)(H,31,32);1-3,5-7,10-15,23H,4,8-9,16H2,(H3,28,29)(H,30,31);(H,6,7);4*1H,(H,2,3). The minimum Gasteiger partial charge on any atom is -0.492 e. The lowest BCUT2D eigenvalue weighted by Gasteiger charge is -2.20. The van der Waals surface area contributed by atoms with Gasteiger partial charge in [-0.1, -0.05) is 121 Å². The third kappa shape index (κ3) is 31.5. The van der Waals surface area contributed by atoms with E-state index in [1.165, 1.54) is 45.1 Å². The maximum Gasteiger partial charge on any atom is 0.490 e. The summed E-state index contributed by atoms with van der Waals surface area (Å²) in [5.41, 5.74) is 25.4. The number of aliphatic carboxylic acids is 1. The third-order valence-electron chi connectivity index (χ3n) is 17.4. The number of anilines is 3. The highest BCUT2D eigenvalue weighted by molar-refractivity contribution is 7.21. The Morgan fingerprint density at radius 2 is 0.888 bits per heavy atom. The summed E-state index contributed by atoms with van der Waals surface area (Å²) >= 11 is 4.34. The van der Waals surface area contributed by atoms with Crippen molar-refractivity contribution in [2.75, 3.05) is 56.4 Å². The number of carboxylic acid groups (broad SMARTS) is 5. The van der Waals surface area contributed by atoms with Gasteiger partial charge < -0.3 is 81.4 Å². The number of carbonyl (C=O) groups excluding carboxylic acids is 3. The van der Waals surface area contributed by atoms with Gasteiger partial charge >= 0.3 is 24.3 Å². The number of likely N-dealkylation sites (N-methyl/N-ethyl adjacent to an activating group) is 1. The topological polar surface area (TPSA) is 495 Å². The minimum absolute atomic E-state index is 0.00503. The molecule has 13 aromatic rings. The van der Waals surface area contributed by atoms with Crippen LogP contribution in [0.15, 0.2) is 243 Å². The summed E-state index contributed by atoms with van der Waals surface area (Å²) in [6, 6.07) is 74.7. The number of ether oxygens (including phenoxy) is 6. The summed E-state index contributed by atoms with van der Waals surface area (Å²) in [5, 5.41) is 70.1. The number of fused-ring (bicyclic) bond motifs is 5. The molecule has 14 rings (SSSR count). The zero-order valence-corrected chi connectivity index (χ0v) is 69.4. The number of amides is 3. The SMILES string of the molecule is CN(C)CCOc1ccc(NC(=O)CCC(Oc2cccc3sc(C(=N)N)cc23)c2ccccc2)cc1.N=C(N)c1cc2c(OC(COC(=O)Nc3ccc4c(c3)CCC4)c3ccccc3)cccc2s1.N=C(N)c1cc2c(OC(COC(=O)Nc3ccc4ncccc4c3)c3ccccc3)cccc2s1.O=C(O)C(F)(F)F.O=CO.O=CO.O=CO.O=CO. The number of alkyl halides is 3. The number of hydrogen-bond donors (Lipinski definition) is 14. The van der Waals surface area contributed by atoms with Crippen molar-refractivity contribution in [1.82, 2.24) is 9.88 Å². The molecule has 652 valence electrons. The van der Waals surface area contributed by atoms with Crippen molar-refractivity contribution in [2.45, 2.75) is 56.6 Å². The Kier molecular flexibility index (Phi) is 39.1. The summed E-state index contributed by atoms with van der Waals surface area (Å²) in [4.78, 5) is 88.7. The Hall–Kier alpha value is -15.0. The summed E-state index contributed by atoms with van der Waals surface area (Å²) in [6.45, 7) is 0.489. The van der Waals surface area contributed by atoms with E-state index >= 15 is 0 Å². The van der Waals surface area contributed by atoms with E-state index in [4.69, 9.17) is 111 Å². The van der Waals surface area contributed by atoms with E-state index < -0.39 is 36.5 Å². The lowest BCUT2D eigenvalue weighted by Crippen LogP contribution is -2.21. The van der Waals surface area contributed by atoms with Crippen LogP contribution in [-0.4, -0.2) is 150 Å². The fourth-order valence-corrected chi connectivity index (χ4v) is 14.7. The number of carbonyl (C=O) groups is 8. The lowest BCUT2D eigenvalue weighted by atomic mass is 10.0. The predicted octanol–water partition coefficient (Wildman–Crippen LogP) is 17.2. The molecule has 36 heteroatoms. The second kappa shape index (κ2) is 50.3. The van der Waals surface area contributed by atoms with Gasteiger partial charge in [0.1, 0.15) is 66.4 Å². The molecule has 0 saturated heterocycles. The summed E-state index contributed by atoms with van der Waals surface area (Å²) < 4.78 is 70.7. The molecule has 0 fully saturated rings. The first-order chi connectivity index (χ1) is 60.1. The number of pyridine rings is 1. The number of benzene rings is 9. The summed E-state index contributed by atoms with van der Waals surface area (Å²) in [7, 11) is 4.00. The number of rotatable bonds is 26. The lowest BCUT2D eigenvalue weighted by molar-refractivity contribution is -0.192. The number of nitrogens with two attached hydrogens (primary N) is 3. The third-order valence-corrected chi connectivity index (χ3v) is 20.8. The quantitative estimate of drug-likeness (QED) is 0.0136. The van der Waals surface area contributed by atoms with Crippen molar-refractivity contribution in [2.24, 2.45) is 17.2 Å². The molecule has 17 N–H and O–H groups in total. The Morgan fingerprint density at radius 1 is 0.496 bits per heavy atom. The van der Waals surface area contributed by atoms with Gasteiger partial charge in [-0.15, -0.1) is 34.0 Å². The largest absolute Gasteiger partial charge is 0.492 e. The van der Waals surface area contributed by atoms with Crippen LogP contribution < -0.4 is 52.1 Å². The summed E-state index contributed by atoms with van der Waals surface area (Å²) in [5.74, 6) is -0.000716. The van der Waals surface area contributed by atoms with Crippen LogP contribution in [0.25, 0.3) is 41.2 Å². The number of nitrogens with zero attached hydrogens (tertiary/aromatic N) is 2. The van der Waals surface area contributed by atoms with Gasteiger partial charge in [0.05, 0.1) is 20.1 Å². The zero-order valence-electron chi connectivity index (χ0n) is 66.9. The second-order valence-corrected chi connectivity index (χ2v) is 29.6. The molecule has 3 unspecified atom stereocenters. The van der Waals surface area contributed by atoms with Gasteiger partial charge in [-0.2, -0.15) is 13.2 Å². The van der Waals surface area contributed by atoms with E-state index in [0.29, 0.717) is 57.0 Å². The van der Waals surface area contributed by atoms with Crippen LogP contribution in [-0.2, 0) is 51.1 Å². The van der Waals surface area contributed by atoms with Crippen LogP contribution >= 0.6 is 34.0 Å². The zero-order chi connectivity index (χ0) is 90.8. The van der Waals surface area contributed by atoms with Gasteiger partial charge in [0.25, 0.3) is 25.9 Å². The second-order valence-electron chi connectivity index (χ2n) is 26.3. The Bertz CT molecular complexity index is 5710. The first kappa shape index (κ1) is 97.1. The average Bonchev–Trinajstić information content (AvgIpc) is 1.68. The molecule has 1 aliphatic rings. The van der Waals surface area contributed by atoms with E-state index in [-0.39, 0.29) is 68.6 Å². The van der Waals surface area contributed by atoms with Crippen LogP contribution in [0.5, 0.6) is 23.0 Å². The van der Waals surface area contributed by atoms with Gasteiger partial charge in [0.15, 0.2) is 12.2 Å². The van der Waals surface area contributed by atoms with Crippen LogP contribution in [0.1, 0.15) is 80.0 Å². The molecule has 4 aromatic heterocycles. The predicted molar refractivity (Wildman–Crippen MR) is 475 cm³/mol. The average molecular weight is 1770 g/mol. The van der Waals surface area contributed by atoms with E-state index in [9.17, 15) is 27.6 Å². The fraction of sp³-hybridized carbons (Fsp3) is 0.169. The number of halogens is 3. The molecule has 3 atom stereocenters. The number of aryl methyl sites for hydroxylation is 2. The number of nitrogens with one attached hydrogen (secondary N) is 6. The van der Waals surface area contributed by atoms with Gasteiger partial charge in [0, 0.05) is 71.9 Å². The van der Waals surface area contributed by atoms with Gasteiger partial charge in [0.2, 0.25) is 5.91 Å². The van der Waals surface area contributed by atoms with Crippen molar-refractivity contribution >= 4 is 160 Å². The van der Waals surface area contributed by atoms with Gasteiger partial charge in [-0.3, -0.25) is 55.8 Å². The van der Waals surface area contributed by atoms with E-state index in [2.05, 4.69) is 31.9 Å². The Labute approximate surface area is 725 Å². The van der Waals surface area contributed by atoms with E-state index in [1.807, 2.05) is 239 Å². The fourth-order valence-electron chi connectivity index (χ4n) is 11.8. The molecular weight excluding hydrogens is 1680 g/mol. The molecule has 30 nitrogen and oxygen atoms in total. The highest BCUT2D eigenvalue weighted by Crippen LogP contribution is 2.40. The number of amidine groups is 3. The maximum absolute atomic E-state index is 12.8. The van der Waals surface area contributed by atoms with E-state index in [0.717, 1.165) is 101 Å². The van der Waals surface area contributed by atoms with Gasteiger partial charge in [-0.25, -0.2) is 14.4 Å².